The highest BCUT2D eigenvalue weighted by Gasteiger charge is 2.21. The molecule has 1 saturated carbocycles. The van der Waals surface area contributed by atoms with Gasteiger partial charge < -0.3 is 19.7 Å². The van der Waals surface area contributed by atoms with E-state index in [1.54, 1.807) is 12.1 Å². The van der Waals surface area contributed by atoms with E-state index in [0.29, 0.717) is 18.1 Å². The van der Waals surface area contributed by atoms with E-state index in [2.05, 4.69) is 10.3 Å². The molecule has 0 radical (unpaired) electrons. The van der Waals surface area contributed by atoms with Gasteiger partial charge in [0.05, 0.1) is 18.3 Å². The maximum absolute atomic E-state index is 12.0. The summed E-state index contributed by atoms with van der Waals surface area (Å²) in [6.07, 6.45) is 7.06. The summed E-state index contributed by atoms with van der Waals surface area (Å²) in [7, 11) is 0. The lowest BCUT2D eigenvalue weighted by Crippen LogP contribution is -2.34. The molecule has 0 spiro atoms. The average molecular weight is 315 g/mol. The zero-order valence-corrected chi connectivity index (χ0v) is 12.9. The van der Waals surface area contributed by atoms with Crippen LogP contribution < -0.4 is 5.32 Å². The number of carbonyl (C=O) groups excluding carboxylic acids is 1. The summed E-state index contributed by atoms with van der Waals surface area (Å²) in [4.78, 5) is 16.3. The predicted octanol–water partition coefficient (Wildman–Crippen LogP) is 1.39. The van der Waals surface area contributed by atoms with Crippen molar-refractivity contribution < 1.29 is 14.6 Å². The number of pyridine rings is 1. The fraction of sp³-hybridized carbons (Fsp3) is 0.412. The zero-order valence-electron chi connectivity index (χ0n) is 12.9. The molecule has 122 valence electrons. The van der Waals surface area contributed by atoms with E-state index in [-0.39, 0.29) is 19.1 Å². The summed E-state index contributed by atoms with van der Waals surface area (Å²) in [5, 5.41) is 12.5. The van der Waals surface area contributed by atoms with Crippen LogP contribution in [0, 0.1) is 5.92 Å². The van der Waals surface area contributed by atoms with Crippen molar-refractivity contribution in [3.05, 3.63) is 48.4 Å². The van der Waals surface area contributed by atoms with Crippen molar-refractivity contribution in [1.82, 2.24) is 14.9 Å². The van der Waals surface area contributed by atoms with Crippen molar-refractivity contribution in [1.29, 1.82) is 0 Å². The van der Waals surface area contributed by atoms with E-state index in [4.69, 9.17) is 4.74 Å². The number of aliphatic hydroxyl groups is 1. The molecule has 1 amide bonds. The van der Waals surface area contributed by atoms with E-state index in [0.717, 1.165) is 5.82 Å². The number of ether oxygens (including phenoxy) is 1. The number of aromatic nitrogens is 2. The second-order valence-corrected chi connectivity index (χ2v) is 5.84. The van der Waals surface area contributed by atoms with Crippen LogP contribution in [0.25, 0.3) is 5.82 Å². The Hall–Kier alpha value is -2.18. The van der Waals surface area contributed by atoms with Gasteiger partial charge in [0.2, 0.25) is 0 Å². The number of nitrogens with zero attached hydrogens (tertiary/aromatic N) is 2. The smallest absolute Gasteiger partial charge is 0.252 e. The second kappa shape index (κ2) is 7.39. The molecule has 6 nitrogen and oxygen atoms in total. The van der Waals surface area contributed by atoms with Gasteiger partial charge in [-0.2, -0.15) is 0 Å². The second-order valence-electron chi connectivity index (χ2n) is 5.84. The number of rotatable bonds is 8. The molecule has 1 atom stereocenters. The Labute approximate surface area is 135 Å². The molecule has 0 bridgehead atoms. The van der Waals surface area contributed by atoms with Crippen LogP contribution in [-0.4, -0.2) is 46.4 Å². The fourth-order valence-corrected chi connectivity index (χ4v) is 2.19. The SMILES string of the molecule is O=C(NCC(O)COCC1CC1)c1ccc(-n2cccc2)nc1. The van der Waals surface area contributed by atoms with Crippen molar-refractivity contribution in [3.8, 4) is 5.82 Å². The molecular weight excluding hydrogens is 294 g/mol. The third-order valence-corrected chi connectivity index (χ3v) is 3.74. The molecule has 1 fully saturated rings. The van der Waals surface area contributed by atoms with Crippen molar-refractivity contribution in [3.63, 3.8) is 0 Å². The Kier molecular flexibility index (Phi) is 5.05. The van der Waals surface area contributed by atoms with Gasteiger partial charge >= 0.3 is 0 Å². The largest absolute Gasteiger partial charge is 0.389 e. The molecule has 2 heterocycles. The van der Waals surface area contributed by atoms with Crippen LogP contribution in [0.2, 0.25) is 0 Å². The number of hydrogen-bond donors (Lipinski definition) is 2. The van der Waals surface area contributed by atoms with Gasteiger partial charge in [-0.1, -0.05) is 0 Å². The van der Waals surface area contributed by atoms with Gasteiger partial charge in [-0.15, -0.1) is 0 Å². The quantitative estimate of drug-likeness (QED) is 0.772. The monoisotopic (exact) mass is 315 g/mol. The first kappa shape index (κ1) is 15.7. The number of amides is 1. The zero-order chi connectivity index (χ0) is 16.1. The lowest BCUT2D eigenvalue weighted by Gasteiger charge is -2.12. The van der Waals surface area contributed by atoms with E-state index < -0.39 is 6.10 Å². The third kappa shape index (κ3) is 4.64. The number of aliphatic hydroxyl groups excluding tert-OH is 1. The maximum Gasteiger partial charge on any atom is 0.252 e. The highest BCUT2D eigenvalue weighted by Crippen LogP contribution is 2.28. The summed E-state index contributed by atoms with van der Waals surface area (Å²) in [5.41, 5.74) is 0.465. The molecule has 23 heavy (non-hydrogen) atoms. The maximum atomic E-state index is 12.0. The first-order valence-electron chi connectivity index (χ1n) is 7.86. The molecule has 0 aliphatic heterocycles. The summed E-state index contributed by atoms with van der Waals surface area (Å²) < 4.78 is 7.26. The number of carbonyl (C=O) groups is 1. The molecule has 0 aromatic carbocycles. The number of hydrogen-bond acceptors (Lipinski definition) is 4. The summed E-state index contributed by atoms with van der Waals surface area (Å²) in [6, 6.07) is 7.32. The molecule has 3 rings (SSSR count). The van der Waals surface area contributed by atoms with Crippen LogP contribution in [0.4, 0.5) is 0 Å². The molecule has 1 unspecified atom stereocenters. The van der Waals surface area contributed by atoms with Crippen molar-refractivity contribution >= 4 is 5.91 Å². The highest BCUT2D eigenvalue weighted by molar-refractivity contribution is 5.93. The van der Waals surface area contributed by atoms with Gasteiger partial charge in [-0.3, -0.25) is 4.79 Å². The van der Waals surface area contributed by atoms with Gasteiger partial charge in [0.1, 0.15) is 5.82 Å². The van der Waals surface area contributed by atoms with E-state index in [9.17, 15) is 9.90 Å². The molecule has 2 N–H and O–H groups in total. The minimum absolute atomic E-state index is 0.169. The first-order valence-corrected chi connectivity index (χ1v) is 7.86. The van der Waals surface area contributed by atoms with Gasteiger partial charge in [-0.05, 0) is 43.0 Å². The summed E-state index contributed by atoms with van der Waals surface area (Å²) in [5.74, 6) is 1.17. The molecule has 2 aromatic rings. The van der Waals surface area contributed by atoms with Crippen LogP contribution >= 0.6 is 0 Å². The molecule has 0 saturated heterocycles. The average Bonchev–Trinajstić information content (AvgIpc) is 3.23. The van der Waals surface area contributed by atoms with Gasteiger partial charge in [0, 0.05) is 31.7 Å². The van der Waals surface area contributed by atoms with Gasteiger partial charge in [0.15, 0.2) is 0 Å². The lowest BCUT2D eigenvalue weighted by atomic mass is 10.2. The molecule has 1 aliphatic carbocycles. The Morgan fingerprint density at radius 2 is 2.17 bits per heavy atom. The molecular formula is C17H21N3O3. The van der Waals surface area contributed by atoms with Crippen LogP contribution in [0.15, 0.2) is 42.9 Å². The van der Waals surface area contributed by atoms with E-state index in [1.165, 1.54) is 19.0 Å². The van der Waals surface area contributed by atoms with Crippen molar-refractivity contribution in [2.24, 2.45) is 5.92 Å². The molecule has 2 aromatic heterocycles. The van der Waals surface area contributed by atoms with E-state index >= 15 is 0 Å². The predicted molar refractivity (Wildman–Crippen MR) is 85.4 cm³/mol. The van der Waals surface area contributed by atoms with E-state index in [1.807, 2.05) is 29.1 Å². The standard InChI is InChI=1S/C17H21N3O3/c21-15(12-23-11-13-3-4-13)10-19-17(22)14-5-6-16(18-9-14)20-7-1-2-8-20/h1-2,5-9,13,15,21H,3-4,10-12H2,(H,19,22). The highest BCUT2D eigenvalue weighted by atomic mass is 16.5. The Morgan fingerprint density at radius 1 is 1.39 bits per heavy atom. The van der Waals surface area contributed by atoms with Crippen molar-refractivity contribution in [2.75, 3.05) is 19.8 Å². The normalized spacial score (nSPS) is 15.3. The van der Waals surface area contributed by atoms with Gasteiger partial charge in [-0.25, -0.2) is 4.98 Å². The third-order valence-electron chi connectivity index (χ3n) is 3.74. The minimum atomic E-state index is -0.690. The molecule has 1 aliphatic rings. The lowest BCUT2D eigenvalue weighted by molar-refractivity contribution is 0.0320. The molecule has 6 heteroatoms. The fourth-order valence-electron chi connectivity index (χ4n) is 2.19. The summed E-state index contributed by atoms with van der Waals surface area (Å²) in [6.45, 7) is 1.13. The Bertz CT molecular complexity index is 621. The Morgan fingerprint density at radius 3 is 2.83 bits per heavy atom. The topological polar surface area (TPSA) is 76.4 Å². The Balaban J connectivity index is 1.44. The van der Waals surface area contributed by atoms with Crippen LogP contribution in [0.5, 0.6) is 0 Å². The first-order chi connectivity index (χ1) is 11.2. The summed E-state index contributed by atoms with van der Waals surface area (Å²) >= 11 is 0. The van der Waals surface area contributed by atoms with Crippen LogP contribution in [0.1, 0.15) is 23.2 Å². The number of nitrogens with one attached hydrogen (secondary N) is 1. The van der Waals surface area contributed by atoms with Crippen LogP contribution in [0.3, 0.4) is 0 Å². The van der Waals surface area contributed by atoms with Crippen molar-refractivity contribution in [2.45, 2.75) is 18.9 Å². The van der Waals surface area contributed by atoms with Gasteiger partial charge in [0.25, 0.3) is 5.91 Å². The minimum Gasteiger partial charge on any atom is -0.389 e. The van der Waals surface area contributed by atoms with Crippen LogP contribution in [-0.2, 0) is 4.74 Å².